The van der Waals surface area contributed by atoms with E-state index in [1.54, 1.807) is 43.3 Å². The highest BCUT2D eigenvalue weighted by atomic mass is 35.5. The standard InChI is InChI=1S/C22H25Cl3N2O2/c1-4-14(2)26-22(29)15(3)27(13-18-19(24)9-6-10-20(18)25)21(28)12-16-7-5-8-17(23)11-16/h5-11,14-15H,4,12-13H2,1-3H3,(H,26,29)/t14-,15-/m1/s1. The van der Waals surface area contributed by atoms with Crippen LogP contribution >= 0.6 is 34.8 Å². The van der Waals surface area contributed by atoms with Crippen LogP contribution in [0.3, 0.4) is 0 Å². The zero-order chi connectivity index (χ0) is 21.6. The van der Waals surface area contributed by atoms with Crippen LogP contribution in [0.25, 0.3) is 0 Å². The summed E-state index contributed by atoms with van der Waals surface area (Å²) in [6.45, 7) is 5.75. The molecule has 0 radical (unpaired) electrons. The van der Waals surface area contributed by atoms with Gasteiger partial charge >= 0.3 is 0 Å². The number of carbonyl (C=O) groups is 2. The Kier molecular flexibility index (Phi) is 8.81. The molecule has 0 fully saturated rings. The minimum absolute atomic E-state index is 0.0127. The Hall–Kier alpha value is -1.75. The number of nitrogens with zero attached hydrogens (tertiary/aromatic N) is 1. The molecule has 2 rings (SSSR count). The van der Waals surface area contributed by atoms with Crippen molar-refractivity contribution in [2.45, 2.75) is 52.2 Å². The predicted molar refractivity (Wildman–Crippen MR) is 120 cm³/mol. The lowest BCUT2D eigenvalue weighted by Gasteiger charge is -2.30. The van der Waals surface area contributed by atoms with Gasteiger partial charge in [0.05, 0.1) is 6.42 Å². The average molecular weight is 456 g/mol. The molecule has 0 spiro atoms. The van der Waals surface area contributed by atoms with Crippen LogP contribution < -0.4 is 5.32 Å². The van der Waals surface area contributed by atoms with E-state index in [9.17, 15) is 9.59 Å². The van der Waals surface area contributed by atoms with Crippen LogP contribution in [0.15, 0.2) is 42.5 Å². The number of carbonyl (C=O) groups excluding carboxylic acids is 2. The van der Waals surface area contributed by atoms with Gasteiger partial charge in [0.1, 0.15) is 6.04 Å². The van der Waals surface area contributed by atoms with Crippen LogP contribution in [0.4, 0.5) is 0 Å². The molecule has 29 heavy (non-hydrogen) atoms. The van der Waals surface area contributed by atoms with E-state index in [1.165, 1.54) is 4.90 Å². The van der Waals surface area contributed by atoms with Gasteiger partial charge < -0.3 is 10.2 Å². The Morgan fingerprint density at radius 3 is 2.24 bits per heavy atom. The number of rotatable bonds is 8. The summed E-state index contributed by atoms with van der Waals surface area (Å²) in [4.78, 5) is 27.4. The number of hydrogen-bond acceptors (Lipinski definition) is 2. The van der Waals surface area contributed by atoms with Crippen molar-refractivity contribution < 1.29 is 9.59 Å². The second-order valence-corrected chi connectivity index (χ2v) is 8.27. The van der Waals surface area contributed by atoms with Crippen molar-refractivity contribution in [3.63, 3.8) is 0 Å². The van der Waals surface area contributed by atoms with Crippen LogP contribution in [0, 0.1) is 0 Å². The molecule has 2 aromatic rings. The molecule has 0 bridgehead atoms. The van der Waals surface area contributed by atoms with Gasteiger partial charge in [-0.2, -0.15) is 0 Å². The molecule has 2 aromatic carbocycles. The Bertz CT molecular complexity index is 853. The molecular weight excluding hydrogens is 431 g/mol. The summed E-state index contributed by atoms with van der Waals surface area (Å²) in [7, 11) is 0. The first-order valence-electron chi connectivity index (χ1n) is 9.50. The Balaban J connectivity index is 2.31. The summed E-state index contributed by atoms with van der Waals surface area (Å²) in [6.07, 6.45) is 0.912. The summed E-state index contributed by atoms with van der Waals surface area (Å²) < 4.78 is 0. The monoisotopic (exact) mass is 454 g/mol. The summed E-state index contributed by atoms with van der Waals surface area (Å²) in [5.41, 5.74) is 1.38. The second kappa shape index (κ2) is 10.9. The SMILES string of the molecule is CC[C@@H](C)NC(=O)[C@@H](C)N(Cc1c(Cl)cccc1Cl)C(=O)Cc1cccc(Cl)c1. The van der Waals surface area contributed by atoms with Crippen molar-refractivity contribution in [2.24, 2.45) is 0 Å². The van der Waals surface area contributed by atoms with Gasteiger partial charge in [-0.1, -0.05) is 59.9 Å². The Labute approximate surface area is 187 Å². The van der Waals surface area contributed by atoms with Crippen LogP contribution in [0.5, 0.6) is 0 Å². The fourth-order valence-electron chi connectivity index (χ4n) is 2.82. The lowest BCUT2D eigenvalue weighted by Crippen LogP contribution is -2.50. The maximum Gasteiger partial charge on any atom is 0.242 e. The summed E-state index contributed by atoms with van der Waals surface area (Å²) in [5.74, 6) is -0.433. The predicted octanol–water partition coefficient (Wildman–Crippen LogP) is 5.52. The number of amides is 2. The van der Waals surface area contributed by atoms with Gasteiger partial charge in [0, 0.05) is 33.2 Å². The van der Waals surface area contributed by atoms with Crippen molar-refractivity contribution >= 4 is 46.6 Å². The van der Waals surface area contributed by atoms with Gasteiger partial charge in [-0.05, 0) is 50.1 Å². The molecule has 1 N–H and O–H groups in total. The van der Waals surface area contributed by atoms with E-state index in [-0.39, 0.29) is 30.8 Å². The maximum atomic E-state index is 13.2. The molecule has 2 atom stereocenters. The first kappa shape index (κ1) is 23.5. The van der Waals surface area contributed by atoms with Crippen LogP contribution in [0.1, 0.15) is 38.3 Å². The third kappa shape index (κ3) is 6.63. The molecule has 156 valence electrons. The van der Waals surface area contributed by atoms with Gasteiger partial charge in [0.25, 0.3) is 0 Å². The summed E-state index contributed by atoms with van der Waals surface area (Å²) in [5, 5.41) is 4.39. The smallest absolute Gasteiger partial charge is 0.242 e. The second-order valence-electron chi connectivity index (χ2n) is 7.02. The Morgan fingerprint density at radius 2 is 1.66 bits per heavy atom. The highest BCUT2D eigenvalue weighted by Gasteiger charge is 2.28. The summed E-state index contributed by atoms with van der Waals surface area (Å²) >= 11 is 18.7. The van der Waals surface area contributed by atoms with E-state index in [0.29, 0.717) is 20.6 Å². The summed E-state index contributed by atoms with van der Waals surface area (Å²) in [6, 6.07) is 11.6. The molecule has 0 unspecified atom stereocenters. The number of benzene rings is 2. The molecule has 0 aliphatic carbocycles. The highest BCUT2D eigenvalue weighted by molar-refractivity contribution is 6.36. The average Bonchev–Trinajstić information content (AvgIpc) is 2.67. The fraction of sp³-hybridized carbons (Fsp3) is 0.364. The van der Waals surface area contributed by atoms with Gasteiger partial charge in [-0.15, -0.1) is 0 Å². The number of hydrogen-bond donors (Lipinski definition) is 1. The van der Waals surface area contributed by atoms with Crippen molar-refractivity contribution in [3.05, 3.63) is 68.7 Å². The quantitative estimate of drug-likeness (QED) is 0.569. The van der Waals surface area contributed by atoms with E-state index in [4.69, 9.17) is 34.8 Å². The zero-order valence-corrected chi connectivity index (χ0v) is 19.0. The normalized spacial score (nSPS) is 12.9. The van der Waals surface area contributed by atoms with E-state index < -0.39 is 6.04 Å². The van der Waals surface area contributed by atoms with Crippen molar-refractivity contribution in [1.82, 2.24) is 10.2 Å². The molecule has 7 heteroatoms. The fourth-order valence-corrected chi connectivity index (χ4v) is 3.55. The molecular formula is C22H25Cl3N2O2. The molecule has 0 aliphatic rings. The lowest BCUT2D eigenvalue weighted by atomic mass is 10.1. The topological polar surface area (TPSA) is 49.4 Å². The molecule has 0 aliphatic heterocycles. The first-order chi connectivity index (χ1) is 13.7. The number of nitrogens with one attached hydrogen (secondary N) is 1. The van der Waals surface area contributed by atoms with Crippen LogP contribution in [0.2, 0.25) is 15.1 Å². The van der Waals surface area contributed by atoms with Crippen molar-refractivity contribution in [3.8, 4) is 0 Å². The van der Waals surface area contributed by atoms with E-state index in [1.807, 2.05) is 19.9 Å². The molecule has 0 saturated carbocycles. The third-order valence-corrected chi connectivity index (χ3v) is 5.75. The molecule has 0 saturated heterocycles. The molecule has 0 aromatic heterocycles. The minimum atomic E-state index is -0.692. The lowest BCUT2D eigenvalue weighted by molar-refractivity contribution is -0.140. The Morgan fingerprint density at radius 1 is 1.03 bits per heavy atom. The molecule has 4 nitrogen and oxygen atoms in total. The third-order valence-electron chi connectivity index (χ3n) is 4.80. The maximum absolute atomic E-state index is 13.2. The van der Waals surface area contributed by atoms with Gasteiger partial charge in [0.15, 0.2) is 0 Å². The van der Waals surface area contributed by atoms with Gasteiger partial charge in [-0.3, -0.25) is 9.59 Å². The number of halogens is 3. The van der Waals surface area contributed by atoms with Crippen molar-refractivity contribution in [1.29, 1.82) is 0 Å². The molecule has 2 amide bonds. The van der Waals surface area contributed by atoms with Crippen LogP contribution in [-0.2, 0) is 22.6 Å². The first-order valence-corrected chi connectivity index (χ1v) is 10.6. The minimum Gasteiger partial charge on any atom is -0.352 e. The molecule has 0 heterocycles. The zero-order valence-electron chi connectivity index (χ0n) is 16.7. The van der Waals surface area contributed by atoms with E-state index in [2.05, 4.69) is 5.32 Å². The largest absolute Gasteiger partial charge is 0.352 e. The highest BCUT2D eigenvalue weighted by Crippen LogP contribution is 2.27. The van der Waals surface area contributed by atoms with Gasteiger partial charge in [-0.25, -0.2) is 0 Å². The van der Waals surface area contributed by atoms with E-state index >= 15 is 0 Å². The van der Waals surface area contributed by atoms with E-state index in [0.717, 1.165) is 12.0 Å². The van der Waals surface area contributed by atoms with Crippen LogP contribution in [-0.4, -0.2) is 28.8 Å². The van der Waals surface area contributed by atoms with Gasteiger partial charge in [0.2, 0.25) is 11.8 Å². The van der Waals surface area contributed by atoms with Crippen molar-refractivity contribution in [2.75, 3.05) is 0 Å².